The van der Waals surface area contributed by atoms with E-state index in [9.17, 15) is 4.79 Å². The molecule has 1 atom stereocenters. The molecule has 7 heteroatoms. The van der Waals surface area contributed by atoms with Gasteiger partial charge in [0, 0.05) is 19.5 Å². The number of likely N-dealkylation sites (tertiary alicyclic amines) is 1. The summed E-state index contributed by atoms with van der Waals surface area (Å²) in [5, 5.41) is 5.94. The van der Waals surface area contributed by atoms with Gasteiger partial charge < -0.3 is 9.42 Å². The summed E-state index contributed by atoms with van der Waals surface area (Å²) in [6.07, 6.45) is 3.42. The molecule has 1 fully saturated rings. The third-order valence-electron chi connectivity index (χ3n) is 3.89. The first-order valence-corrected chi connectivity index (χ1v) is 8.79. The molecule has 22 heavy (non-hydrogen) atoms. The number of aromatic nitrogens is 2. The van der Waals surface area contributed by atoms with Gasteiger partial charge in [-0.1, -0.05) is 23.7 Å². The molecule has 0 radical (unpaired) electrons. The minimum atomic E-state index is 0.119. The summed E-state index contributed by atoms with van der Waals surface area (Å²) >= 11 is 7.56. The normalized spacial score (nSPS) is 18.6. The van der Waals surface area contributed by atoms with Gasteiger partial charge in [0.2, 0.25) is 17.6 Å². The highest BCUT2D eigenvalue weighted by molar-refractivity contribution is 7.15. The van der Waals surface area contributed by atoms with Gasteiger partial charge in [-0.15, -0.1) is 11.3 Å². The van der Waals surface area contributed by atoms with Gasteiger partial charge in [-0.3, -0.25) is 4.79 Å². The Balaban J connectivity index is 1.73. The second-order valence-electron chi connectivity index (χ2n) is 5.49. The van der Waals surface area contributed by atoms with Crippen molar-refractivity contribution < 1.29 is 9.32 Å². The van der Waals surface area contributed by atoms with E-state index in [0.29, 0.717) is 29.0 Å². The molecule has 0 saturated carbocycles. The highest BCUT2D eigenvalue weighted by Gasteiger charge is 2.28. The molecular weight excluding hydrogens is 322 g/mol. The second-order valence-corrected chi connectivity index (χ2v) is 7.01. The Kier molecular flexibility index (Phi) is 4.78. The molecule has 1 aliphatic heterocycles. The zero-order chi connectivity index (χ0) is 15.5. The van der Waals surface area contributed by atoms with Gasteiger partial charge in [-0.05, 0) is 30.7 Å². The number of carbonyl (C=O) groups is 1. The lowest BCUT2D eigenvalue weighted by molar-refractivity contribution is -0.132. The second kappa shape index (κ2) is 6.79. The first kappa shape index (κ1) is 15.5. The van der Waals surface area contributed by atoms with E-state index < -0.39 is 0 Å². The van der Waals surface area contributed by atoms with E-state index in [2.05, 4.69) is 10.1 Å². The van der Waals surface area contributed by atoms with Crippen LogP contribution in [0.4, 0.5) is 0 Å². The molecule has 0 aromatic carbocycles. The van der Waals surface area contributed by atoms with Gasteiger partial charge in [0.1, 0.15) is 4.34 Å². The SMILES string of the molecule is CCCC(=O)N1CCC[C@@H](c2nc(-c3ccsc3Cl)no2)C1. The van der Waals surface area contributed by atoms with Crippen LogP contribution in [-0.2, 0) is 4.79 Å². The number of nitrogens with zero attached hydrogens (tertiary/aromatic N) is 3. The number of hydrogen-bond acceptors (Lipinski definition) is 5. The van der Waals surface area contributed by atoms with Gasteiger partial charge in [-0.25, -0.2) is 0 Å². The fourth-order valence-corrected chi connectivity index (χ4v) is 3.65. The van der Waals surface area contributed by atoms with Crippen LogP contribution in [0.2, 0.25) is 4.34 Å². The van der Waals surface area contributed by atoms with Crippen molar-refractivity contribution >= 4 is 28.8 Å². The van der Waals surface area contributed by atoms with E-state index in [-0.39, 0.29) is 11.8 Å². The third-order valence-corrected chi connectivity index (χ3v) is 5.06. The van der Waals surface area contributed by atoms with Crippen molar-refractivity contribution in [1.29, 1.82) is 0 Å². The Morgan fingerprint density at radius 2 is 2.45 bits per heavy atom. The molecule has 3 rings (SSSR count). The molecule has 0 spiro atoms. The van der Waals surface area contributed by atoms with E-state index in [0.717, 1.165) is 31.4 Å². The van der Waals surface area contributed by atoms with Crippen LogP contribution in [0.1, 0.15) is 44.4 Å². The Morgan fingerprint density at radius 1 is 1.59 bits per heavy atom. The largest absolute Gasteiger partial charge is 0.342 e. The fourth-order valence-electron chi connectivity index (χ4n) is 2.74. The summed E-state index contributed by atoms with van der Waals surface area (Å²) < 4.78 is 6.08. The van der Waals surface area contributed by atoms with Gasteiger partial charge in [0.25, 0.3) is 0 Å². The van der Waals surface area contributed by atoms with Crippen LogP contribution in [0.15, 0.2) is 16.0 Å². The summed E-state index contributed by atoms with van der Waals surface area (Å²) in [7, 11) is 0. The van der Waals surface area contributed by atoms with E-state index in [1.807, 2.05) is 23.3 Å². The number of halogens is 1. The predicted octanol–water partition coefficient (Wildman–Crippen LogP) is 3.96. The average Bonchev–Trinajstić information content (AvgIpc) is 3.16. The molecule has 0 bridgehead atoms. The fraction of sp³-hybridized carbons (Fsp3) is 0.533. The van der Waals surface area contributed by atoms with Crippen LogP contribution in [-0.4, -0.2) is 34.0 Å². The van der Waals surface area contributed by atoms with Gasteiger partial charge in [0.05, 0.1) is 11.5 Å². The molecule has 2 aromatic rings. The number of piperidine rings is 1. The first-order valence-electron chi connectivity index (χ1n) is 7.53. The summed E-state index contributed by atoms with van der Waals surface area (Å²) in [6, 6.07) is 1.89. The topological polar surface area (TPSA) is 59.2 Å². The highest BCUT2D eigenvalue weighted by atomic mass is 35.5. The minimum absolute atomic E-state index is 0.119. The maximum atomic E-state index is 12.1. The maximum absolute atomic E-state index is 12.1. The molecule has 5 nitrogen and oxygen atoms in total. The smallest absolute Gasteiger partial charge is 0.231 e. The molecule has 2 aromatic heterocycles. The molecule has 118 valence electrons. The summed E-state index contributed by atoms with van der Waals surface area (Å²) in [5.74, 6) is 1.46. The standard InChI is InChI=1S/C15H18ClN3O2S/c1-2-4-12(20)19-7-3-5-10(9-19)15-17-14(18-21-15)11-6-8-22-13(11)16/h6,8,10H,2-5,7,9H2,1H3/t10-/m1/s1. The number of rotatable bonds is 4. The quantitative estimate of drug-likeness (QED) is 0.846. The molecule has 1 amide bonds. The minimum Gasteiger partial charge on any atom is -0.342 e. The number of hydrogen-bond donors (Lipinski definition) is 0. The monoisotopic (exact) mass is 339 g/mol. The maximum Gasteiger partial charge on any atom is 0.231 e. The predicted molar refractivity (Wildman–Crippen MR) is 86.1 cm³/mol. The molecule has 0 unspecified atom stereocenters. The van der Waals surface area contributed by atoms with Crippen molar-refractivity contribution in [3.63, 3.8) is 0 Å². The van der Waals surface area contributed by atoms with Crippen LogP contribution < -0.4 is 0 Å². The summed E-state index contributed by atoms with van der Waals surface area (Å²) in [6.45, 7) is 3.51. The van der Waals surface area contributed by atoms with Gasteiger partial charge in [-0.2, -0.15) is 4.98 Å². The zero-order valence-corrected chi connectivity index (χ0v) is 14.0. The van der Waals surface area contributed by atoms with Crippen LogP contribution in [0.3, 0.4) is 0 Å². The lowest BCUT2D eigenvalue weighted by Crippen LogP contribution is -2.39. The Hall–Kier alpha value is -1.40. The van der Waals surface area contributed by atoms with Crippen molar-refractivity contribution in [2.24, 2.45) is 0 Å². The lowest BCUT2D eigenvalue weighted by Gasteiger charge is -2.31. The van der Waals surface area contributed by atoms with E-state index in [1.54, 1.807) is 0 Å². The van der Waals surface area contributed by atoms with E-state index >= 15 is 0 Å². The molecule has 0 N–H and O–H groups in total. The zero-order valence-electron chi connectivity index (χ0n) is 12.4. The Bertz CT molecular complexity index is 655. The van der Waals surface area contributed by atoms with Crippen molar-refractivity contribution in [2.75, 3.05) is 13.1 Å². The molecular formula is C15H18ClN3O2S. The lowest BCUT2D eigenvalue weighted by atomic mass is 9.97. The van der Waals surface area contributed by atoms with E-state index in [4.69, 9.17) is 16.1 Å². The number of carbonyl (C=O) groups excluding carboxylic acids is 1. The highest BCUT2D eigenvalue weighted by Crippen LogP contribution is 2.33. The Morgan fingerprint density at radius 3 is 3.18 bits per heavy atom. The van der Waals surface area contributed by atoms with Crippen molar-refractivity contribution in [2.45, 2.75) is 38.5 Å². The summed E-state index contributed by atoms with van der Waals surface area (Å²) in [4.78, 5) is 18.5. The molecule has 0 aliphatic carbocycles. The van der Waals surface area contributed by atoms with Crippen molar-refractivity contribution in [1.82, 2.24) is 15.0 Å². The average molecular weight is 340 g/mol. The molecule has 1 saturated heterocycles. The first-order chi connectivity index (χ1) is 10.7. The Labute approximate surface area is 138 Å². The van der Waals surface area contributed by atoms with Crippen LogP contribution in [0.5, 0.6) is 0 Å². The van der Waals surface area contributed by atoms with Gasteiger partial charge >= 0.3 is 0 Å². The number of amides is 1. The van der Waals surface area contributed by atoms with Crippen LogP contribution >= 0.6 is 22.9 Å². The van der Waals surface area contributed by atoms with Gasteiger partial charge in [0.15, 0.2) is 0 Å². The molecule has 1 aliphatic rings. The van der Waals surface area contributed by atoms with Crippen LogP contribution in [0, 0.1) is 0 Å². The van der Waals surface area contributed by atoms with Crippen molar-refractivity contribution in [3.05, 3.63) is 21.7 Å². The van der Waals surface area contributed by atoms with Crippen molar-refractivity contribution in [3.8, 4) is 11.4 Å². The summed E-state index contributed by atoms with van der Waals surface area (Å²) in [5.41, 5.74) is 0.802. The molecule has 3 heterocycles. The van der Waals surface area contributed by atoms with Crippen LogP contribution in [0.25, 0.3) is 11.4 Å². The number of thiophene rings is 1. The van der Waals surface area contributed by atoms with E-state index in [1.165, 1.54) is 11.3 Å². The third kappa shape index (κ3) is 3.17.